The molecule has 0 amide bonds. The molecule has 2 aliphatic rings. The topological polar surface area (TPSA) is 60.5 Å². The molecule has 1 aromatic heterocycles. The molecule has 4 nitrogen and oxygen atoms in total. The van der Waals surface area contributed by atoms with Crippen LogP contribution in [-0.2, 0) is 18.4 Å². The molecule has 1 aliphatic carbocycles. The van der Waals surface area contributed by atoms with Crippen molar-refractivity contribution in [2.75, 3.05) is 12.9 Å². The van der Waals surface area contributed by atoms with Gasteiger partial charge in [0.15, 0.2) is 5.17 Å². The molecule has 4 rings (SSSR count). The van der Waals surface area contributed by atoms with Crippen LogP contribution < -0.4 is 10.5 Å². The van der Waals surface area contributed by atoms with Gasteiger partial charge in [-0.3, -0.25) is 4.99 Å². The van der Waals surface area contributed by atoms with Crippen molar-refractivity contribution in [3.8, 4) is 5.88 Å². The highest BCUT2D eigenvalue weighted by molar-refractivity contribution is 8.13. The first kappa shape index (κ1) is 14.6. The molecule has 0 radical (unpaired) electrons. The highest BCUT2D eigenvalue weighted by Crippen LogP contribution is 2.49. The summed E-state index contributed by atoms with van der Waals surface area (Å²) >= 11 is 1.66. The van der Waals surface area contributed by atoms with Crippen LogP contribution in [0, 0.1) is 5.92 Å². The number of aliphatic imine (C=N–C) groups is 1. The van der Waals surface area contributed by atoms with Crippen LogP contribution in [0.25, 0.3) is 0 Å². The minimum atomic E-state index is -0.306. The number of nitrogens with two attached hydrogens (primary N) is 1. The highest BCUT2D eigenvalue weighted by atomic mass is 32.2. The average Bonchev–Trinajstić information content (AvgIpc) is 2.60. The summed E-state index contributed by atoms with van der Waals surface area (Å²) in [6, 6.07) is 12.6. The third-order valence-corrected chi connectivity index (χ3v) is 5.87. The van der Waals surface area contributed by atoms with Gasteiger partial charge in [-0.25, -0.2) is 4.98 Å². The summed E-state index contributed by atoms with van der Waals surface area (Å²) in [7, 11) is 1.68. The summed E-state index contributed by atoms with van der Waals surface area (Å²) in [6.07, 6.45) is 3.60. The summed E-state index contributed by atoms with van der Waals surface area (Å²) in [6.45, 7) is 0. The number of pyridine rings is 1. The van der Waals surface area contributed by atoms with E-state index in [4.69, 9.17) is 15.5 Å². The number of nitrogens with zero attached hydrogens (tertiary/aromatic N) is 2. The molecule has 0 saturated heterocycles. The zero-order valence-corrected chi connectivity index (χ0v) is 13.8. The lowest BCUT2D eigenvalue weighted by Gasteiger charge is -2.44. The van der Waals surface area contributed by atoms with Crippen LogP contribution in [-0.4, -0.2) is 23.0 Å². The Bertz CT molecular complexity index is 762. The van der Waals surface area contributed by atoms with Crippen molar-refractivity contribution in [2.24, 2.45) is 16.6 Å². The Morgan fingerprint density at radius 3 is 2.87 bits per heavy atom. The van der Waals surface area contributed by atoms with E-state index in [2.05, 4.69) is 35.3 Å². The van der Waals surface area contributed by atoms with Crippen molar-refractivity contribution in [2.45, 2.75) is 18.4 Å². The van der Waals surface area contributed by atoms with E-state index >= 15 is 0 Å². The Hall–Kier alpha value is -2.01. The molecule has 0 spiro atoms. The van der Waals surface area contributed by atoms with Crippen molar-refractivity contribution in [3.05, 3.63) is 59.3 Å². The van der Waals surface area contributed by atoms with Crippen LogP contribution in [0.4, 0.5) is 0 Å². The fourth-order valence-corrected chi connectivity index (χ4v) is 4.78. The molecule has 2 heterocycles. The number of aromatic nitrogens is 1. The fraction of sp³-hybridized carbons (Fsp3) is 0.333. The minimum Gasteiger partial charge on any atom is -0.481 e. The van der Waals surface area contributed by atoms with E-state index in [-0.39, 0.29) is 5.54 Å². The SMILES string of the molecule is COc1nccc2c1C[C@]1(c3ccccc3)N=C(N)SC[C@@H]1C2. The van der Waals surface area contributed by atoms with E-state index in [1.54, 1.807) is 18.9 Å². The molecule has 0 saturated carbocycles. The lowest BCUT2D eigenvalue weighted by Crippen LogP contribution is -2.46. The molecule has 2 atom stereocenters. The van der Waals surface area contributed by atoms with Crippen molar-refractivity contribution >= 4 is 16.9 Å². The number of methoxy groups -OCH3 is 1. The van der Waals surface area contributed by atoms with Crippen molar-refractivity contribution in [3.63, 3.8) is 0 Å². The van der Waals surface area contributed by atoms with E-state index in [1.807, 2.05) is 12.3 Å². The van der Waals surface area contributed by atoms with Crippen LogP contribution in [0.2, 0.25) is 0 Å². The number of fused-ring (bicyclic) bond motifs is 2. The fourth-order valence-electron chi connectivity index (χ4n) is 3.79. The van der Waals surface area contributed by atoms with E-state index < -0.39 is 0 Å². The number of ether oxygens (including phenoxy) is 1. The largest absolute Gasteiger partial charge is 0.481 e. The van der Waals surface area contributed by atoms with Crippen LogP contribution in [0.3, 0.4) is 0 Å². The zero-order valence-electron chi connectivity index (χ0n) is 13.0. The average molecular weight is 325 g/mol. The summed E-state index contributed by atoms with van der Waals surface area (Å²) in [5, 5.41) is 0.677. The first-order chi connectivity index (χ1) is 11.2. The molecular formula is C18H19N3OS. The first-order valence-corrected chi connectivity index (χ1v) is 8.76. The van der Waals surface area contributed by atoms with Gasteiger partial charge in [-0.15, -0.1) is 0 Å². The van der Waals surface area contributed by atoms with Gasteiger partial charge < -0.3 is 10.5 Å². The van der Waals surface area contributed by atoms with Crippen molar-refractivity contribution in [1.29, 1.82) is 0 Å². The van der Waals surface area contributed by atoms with E-state index in [0.29, 0.717) is 17.0 Å². The van der Waals surface area contributed by atoms with Gasteiger partial charge >= 0.3 is 0 Å². The predicted octanol–water partition coefficient (Wildman–Crippen LogP) is 2.76. The van der Waals surface area contributed by atoms with E-state index in [1.165, 1.54) is 16.7 Å². The highest BCUT2D eigenvalue weighted by Gasteiger charge is 2.47. The number of hydrogen-bond donors (Lipinski definition) is 1. The molecule has 1 aromatic carbocycles. The van der Waals surface area contributed by atoms with Crippen molar-refractivity contribution < 1.29 is 4.74 Å². The maximum atomic E-state index is 6.12. The Morgan fingerprint density at radius 1 is 1.26 bits per heavy atom. The van der Waals surface area contributed by atoms with Crippen molar-refractivity contribution in [1.82, 2.24) is 4.98 Å². The second kappa shape index (κ2) is 5.57. The summed E-state index contributed by atoms with van der Waals surface area (Å²) in [4.78, 5) is 9.34. The maximum Gasteiger partial charge on any atom is 0.216 e. The minimum absolute atomic E-state index is 0.306. The van der Waals surface area contributed by atoms with Gasteiger partial charge in [0.25, 0.3) is 0 Å². The molecule has 1 aliphatic heterocycles. The lowest BCUT2D eigenvalue weighted by molar-refractivity contribution is 0.270. The number of benzene rings is 1. The van der Waals surface area contributed by atoms with Crippen LogP contribution in [0.1, 0.15) is 16.7 Å². The second-order valence-electron chi connectivity index (χ2n) is 6.09. The van der Waals surface area contributed by atoms with E-state index in [9.17, 15) is 0 Å². The van der Waals surface area contributed by atoms with Gasteiger partial charge in [0.2, 0.25) is 5.88 Å². The quantitative estimate of drug-likeness (QED) is 0.922. The number of hydrogen-bond acceptors (Lipinski definition) is 5. The van der Waals surface area contributed by atoms with Crippen LogP contribution in [0.15, 0.2) is 47.6 Å². The normalized spacial score (nSPS) is 26.0. The van der Waals surface area contributed by atoms with Gasteiger partial charge in [-0.2, -0.15) is 0 Å². The Kier molecular flexibility index (Phi) is 3.53. The maximum absolute atomic E-state index is 6.12. The van der Waals surface area contributed by atoms with Crippen LogP contribution in [0.5, 0.6) is 5.88 Å². The third-order valence-electron chi connectivity index (χ3n) is 4.91. The predicted molar refractivity (Wildman–Crippen MR) is 93.9 cm³/mol. The molecule has 2 aromatic rings. The van der Waals surface area contributed by atoms with Gasteiger partial charge in [0.05, 0.1) is 12.6 Å². The second-order valence-corrected chi connectivity index (χ2v) is 7.13. The third kappa shape index (κ3) is 2.30. The summed E-state index contributed by atoms with van der Waals surface area (Å²) < 4.78 is 5.50. The van der Waals surface area contributed by atoms with Gasteiger partial charge in [0, 0.05) is 29.9 Å². The summed E-state index contributed by atoms with van der Waals surface area (Å²) in [5.41, 5.74) is 9.53. The summed E-state index contributed by atoms with van der Waals surface area (Å²) in [5.74, 6) is 2.14. The number of rotatable bonds is 2. The smallest absolute Gasteiger partial charge is 0.216 e. The Balaban J connectivity index is 1.90. The molecule has 118 valence electrons. The monoisotopic (exact) mass is 325 g/mol. The molecular weight excluding hydrogens is 306 g/mol. The van der Waals surface area contributed by atoms with Gasteiger partial charge in [-0.05, 0) is 23.6 Å². The Labute approximate surface area is 140 Å². The van der Waals surface area contributed by atoms with Crippen LogP contribution >= 0.6 is 11.8 Å². The number of thioether (sulfide) groups is 1. The molecule has 0 unspecified atom stereocenters. The first-order valence-electron chi connectivity index (χ1n) is 7.77. The van der Waals surface area contributed by atoms with E-state index in [0.717, 1.165) is 18.6 Å². The molecule has 23 heavy (non-hydrogen) atoms. The van der Waals surface area contributed by atoms with Gasteiger partial charge in [-0.1, -0.05) is 42.1 Å². The molecule has 0 fully saturated rings. The molecule has 0 bridgehead atoms. The molecule has 2 N–H and O–H groups in total. The van der Waals surface area contributed by atoms with Gasteiger partial charge in [0.1, 0.15) is 0 Å². The number of amidine groups is 1. The lowest BCUT2D eigenvalue weighted by atomic mass is 9.68. The molecule has 5 heteroatoms. The Morgan fingerprint density at radius 2 is 2.09 bits per heavy atom. The standard InChI is InChI=1S/C18H19N3OS/c1-22-16-15-10-18(13-5-3-2-4-6-13)14(11-23-17(19)21-18)9-12(15)7-8-20-16/h2-8,14H,9-11H2,1H3,(H2,19,21)/t14-,18+/m0/s1. The zero-order chi connectivity index (χ0) is 15.9.